The van der Waals surface area contributed by atoms with Gasteiger partial charge in [0.25, 0.3) is 0 Å². The lowest BCUT2D eigenvalue weighted by Gasteiger charge is -2.26. The molecule has 0 fully saturated rings. The van der Waals surface area contributed by atoms with Gasteiger partial charge in [0, 0.05) is 6.54 Å². The van der Waals surface area contributed by atoms with Crippen LogP contribution in [0.1, 0.15) is 65.2 Å². The van der Waals surface area contributed by atoms with E-state index in [1.54, 1.807) is 0 Å². The van der Waals surface area contributed by atoms with Crippen LogP contribution in [-0.4, -0.2) is 17.8 Å². The molecule has 22 heavy (non-hydrogen) atoms. The van der Waals surface area contributed by atoms with Crippen molar-refractivity contribution in [2.24, 2.45) is 0 Å². The molecule has 1 N–H and O–H groups in total. The van der Waals surface area contributed by atoms with E-state index in [9.17, 15) is 0 Å². The SMILES string of the molecule is CCCCCCSC1Nc2ccccc2N1CCCCCC. The number of rotatable bonds is 11. The number of fused-ring (bicyclic) bond motifs is 1. The Labute approximate surface area is 141 Å². The summed E-state index contributed by atoms with van der Waals surface area (Å²) in [4.78, 5) is 2.58. The maximum absolute atomic E-state index is 3.71. The lowest BCUT2D eigenvalue weighted by atomic mass is 10.2. The van der Waals surface area contributed by atoms with Gasteiger partial charge >= 0.3 is 0 Å². The summed E-state index contributed by atoms with van der Waals surface area (Å²) in [6.07, 6.45) is 10.7. The monoisotopic (exact) mass is 320 g/mol. The highest BCUT2D eigenvalue weighted by Crippen LogP contribution is 2.38. The van der Waals surface area contributed by atoms with Gasteiger partial charge in [0.2, 0.25) is 0 Å². The van der Waals surface area contributed by atoms with E-state index in [0.717, 1.165) is 0 Å². The molecule has 0 aromatic heterocycles. The molecule has 0 saturated heterocycles. The molecule has 0 radical (unpaired) electrons. The Morgan fingerprint density at radius 3 is 2.45 bits per heavy atom. The summed E-state index contributed by atoms with van der Waals surface area (Å²) in [7, 11) is 0. The van der Waals surface area contributed by atoms with E-state index in [0.29, 0.717) is 5.50 Å². The van der Waals surface area contributed by atoms with Crippen molar-refractivity contribution in [3.8, 4) is 0 Å². The standard InChI is InChI=1S/C19H32N2S/c1-3-5-7-11-15-21-18-14-10-9-13-17(18)20-19(21)22-16-12-8-6-4-2/h9-10,13-14,19-20H,3-8,11-12,15-16H2,1-2H3. The van der Waals surface area contributed by atoms with E-state index < -0.39 is 0 Å². The Bertz CT molecular complexity index is 422. The maximum Gasteiger partial charge on any atom is 0.148 e. The van der Waals surface area contributed by atoms with Gasteiger partial charge in [-0.2, -0.15) is 0 Å². The molecular formula is C19H32N2S. The minimum atomic E-state index is 0.431. The van der Waals surface area contributed by atoms with E-state index in [1.165, 1.54) is 75.0 Å². The van der Waals surface area contributed by atoms with Gasteiger partial charge in [-0.05, 0) is 30.7 Å². The Balaban J connectivity index is 1.84. The highest BCUT2D eigenvalue weighted by atomic mass is 32.2. The van der Waals surface area contributed by atoms with Crippen molar-refractivity contribution in [3.63, 3.8) is 0 Å². The fourth-order valence-corrected chi connectivity index (χ4v) is 4.19. The molecule has 1 aliphatic heterocycles. The first-order valence-corrected chi connectivity index (χ1v) is 10.2. The zero-order valence-electron chi connectivity index (χ0n) is 14.3. The van der Waals surface area contributed by atoms with E-state index in [-0.39, 0.29) is 0 Å². The molecule has 0 amide bonds. The molecule has 2 rings (SSSR count). The van der Waals surface area contributed by atoms with Crippen molar-refractivity contribution in [3.05, 3.63) is 24.3 Å². The topological polar surface area (TPSA) is 15.3 Å². The summed E-state index contributed by atoms with van der Waals surface area (Å²) in [5, 5.41) is 3.71. The van der Waals surface area contributed by atoms with Crippen LogP contribution in [0.3, 0.4) is 0 Å². The minimum absolute atomic E-state index is 0.431. The Hall–Kier alpha value is -0.830. The van der Waals surface area contributed by atoms with Gasteiger partial charge in [-0.1, -0.05) is 64.5 Å². The molecule has 1 heterocycles. The third kappa shape index (κ3) is 5.12. The van der Waals surface area contributed by atoms with Crippen LogP contribution in [0.4, 0.5) is 11.4 Å². The minimum Gasteiger partial charge on any atom is -0.355 e. The van der Waals surface area contributed by atoms with Gasteiger partial charge < -0.3 is 10.2 Å². The molecule has 1 atom stereocenters. The molecule has 0 spiro atoms. The summed E-state index contributed by atoms with van der Waals surface area (Å²) < 4.78 is 0. The molecule has 3 heteroatoms. The van der Waals surface area contributed by atoms with E-state index in [2.05, 4.69) is 60.1 Å². The van der Waals surface area contributed by atoms with Crippen LogP contribution >= 0.6 is 11.8 Å². The Morgan fingerprint density at radius 1 is 0.955 bits per heavy atom. The molecule has 124 valence electrons. The summed E-state index contributed by atoms with van der Waals surface area (Å²) in [6, 6.07) is 8.77. The number of nitrogens with one attached hydrogen (secondary N) is 1. The zero-order valence-corrected chi connectivity index (χ0v) is 15.1. The third-order valence-corrected chi connectivity index (χ3v) is 5.51. The van der Waals surface area contributed by atoms with Crippen molar-refractivity contribution in [1.29, 1.82) is 0 Å². The number of hydrogen-bond acceptors (Lipinski definition) is 3. The van der Waals surface area contributed by atoms with Crippen molar-refractivity contribution >= 4 is 23.1 Å². The average Bonchev–Trinajstić information content (AvgIpc) is 2.89. The predicted octanol–water partition coefficient (Wildman–Crippen LogP) is 6.10. The Kier molecular flexibility index (Phi) is 8.00. The first kappa shape index (κ1) is 17.5. The Morgan fingerprint density at radius 2 is 1.68 bits per heavy atom. The van der Waals surface area contributed by atoms with Crippen LogP contribution < -0.4 is 10.2 Å². The highest BCUT2D eigenvalue weighted by molar-refractivity contribution is 8.00. The molecule has 1 unspecified atom stereocenters. The lowest BCUT2D eigenvalue weighted by Crippen LogP contribution is -2.34. The summed E-state index contributed by atoms with van der Waals surface area (Å²) >= 11 is 2.08. The number of nitrogens with zero attached hydrogens (tertiary/aromatic N) is 1. The normalized spacial score (nSPS) is 16.6. The van der Waals surface area contributed by atoms with E-state index in [1.807, 2.05) is 0 Å². The molecule has 0 bridgehead atoms. The van der Waals surface area contributed by atoms with E-state index in [4.69, 9.17) is 0 Å². The molecule has 2 nitrogen and oxygen atoms in total. The molecule has 1 aromatic carbocycles. The number of unbranched alkanes of at least 4 members (excludes halogenated alkanes) is 6. The van der Waals surface area contributed by atoms with Gasteiger partial charge in [0.15, 0.2) is 0 Å². The summed E-state index contributed by atoms with van der Waals surface area (Å²) in [6.45, 7) is 5.73. The number of thioether (sulfide) groups is 1. The van der Waals surface area contributed by atoms with Crippen LogP contribution in [0.25, 0.3) is 0 Å². The summed E-state index contributed by atoms with van der Waals surface area (Å²) in [5.74, 6) is 1.26. The van der Waals surface area contributed by atoms with Crippen molar-refractivity contribution in [2.75, 3.05) is 22.5 Å². The average molecular weight is 321 g/mol. The van der Waals surface area contributed by atoms with Crippen LogP contribution in [-0.2, 0) is 0 Å². The van der Waals surface area contributed by atoms with Crippen molar-refractivity contribution < 1.29 is 0 Å². The van der Waals surface area contributed by atoms with Gasteiger partial charge in [0.05, 0.1) is 11.4 Å². The lowest BCUT2D eigenvalue weighted by molar-refractivity contribution is 0.648. The number of para-hydroxylation sites is 2. The number of hydrogen-bond donors (Lipinski definition) is 1. The third-order valence-electron chi connectivity index (χ3n) is 4.30. The highest BCUT2D eigenvalue weighted by Gasteiger charge is 2.27. The van der Waals surface area contributed by atoms with Crippen LogP contribution in [0.2, 0.25) is 0 Å². The second-order valence-electron chi connectivity index (χ2n) is 6.20. The summed E-state index contributed by atoms with van der Waals surface area (Å²) in [5.41, 5.74) is 3.13. The fourth-order valence-electron chi connectivity index (χ4n) is 2.99. The molecule has 0 aliphatic carbocycles. The van der Waals surface area contributed by atoms with Crippen LogP contribution in [0.5, 0.6) is 0 Å². The molecule has 0 saturated carbocycles. The molecule has 1 aliphatic rings. The molecular weight excluding hydrogens is 288 g/mol. The van der Waals surface area contributed by atoms with E-state index >= 15 is 0 Å². The maximum atomic E-state index is 3.71. The smallest absolute Gasteiger partial charge is 0.148 e. The first-order chi connectivity index (χ1) is 10.9. The number of anilines is 2. The second kappa shape index (κ2) is 10.0. The molecule has 1 aromatic rings. The largest absolute Gasteiger partial charge is 0.355 e. The zero-order chi connectivity index (χ0) is 15.6. The van der Waals surface area contributed by atoms with Crippen molar-refractivity contribution in [2.45, 2.75) is 70.7 Å². The van der Waals surface area contributed by atoms with Gasteiger partial charge in [-0.15, -0.1) is 11.8 Å². The van der Waals surface area contributed by atoms with Crippen molar-refractivity contribution in [1.82, 2.24) is 0 Å². The fraction of sp³-hybridized carbons (Fsp3) is 0.684. The van der Waals surface area contributed by atoms with Crippen LogP contribution in [0.15, 0.2) is 24.3 Å². The number of benzene rings is 1. The van der Waals surface area contributed by atoms with Crippen LogP contribution in [0, 0.1) is 0 Å². The predicted molar refractivity (Wildman–Crippen MR) is 102 cm³/mol. The quantitative estimate of drug-likeness (QED) is 0.496. The van der Waals surface area contributed by atoms with Gasteiger partial charge in [-0.3, -0.25) is 0 Å². The van der Waals surface area contributed by atoms with Gasteiger partial charge in [0.1, 0.15) is 5.50 Å². The second-order valence-corrected chi connectivity index (χ2v) is 7.39. The first-order valence-electron chi connectivity index (χ1n) is 9.10. The van der Waals surface area contributed by atoms with Gasteiger partial charge in [-0.25, -0.2) is 0 Å².